The first-order chi connectivity index (χ1) is 13.5. The molecule has 1 aromatic heterocycles. The molecule has 0 saturated carbocycles. The van der Waals surface area contributed by atoms with E-state index in [-0.39, 0.29) is 6.61 Å². The van der Waals surface area contributed by atoms with Crippen LogP contribution in [0.5, 0.6) is 11.5 Å². The van der Waals surface area contributed by atoms with Gasteiger partial charge in [-0.2, -0.15) is 0 Å². The van der Waals surface area contributed by atoms with Gasteiger partial charge in [0.2, 0.25) is 6.10 Å². The Kier molecular flexibility index (Phi) is 6.22. The standard InChI is InChI=1S/C18H17N3O6S/c1-11-19-12(10-28-11)6-7-17(23)26-9-16(22)20-21-18(24)15-8-25-13-4-2-3-5-14(13)27-15/h2-7,10,15H,8-9H2,1H3,(H,20,22)(H,21,24)/b7-6+. The van der Waals surface area contributed by atoms with Crippen LogP contribution in [0.15, 0.2) is 35.7 Å². The second-order valence-electron chi connectivity index (χ2n) is 5.63. The molecule has 0 bridgehead atoms. The lowest BCUT2D eigenvalue weighted by molar-refractivity contribution is -0.145. The number of fused-ring (bicyclic) bond motifs is 1. The first-order valence-electron chi connectivity index (χ1n) is 8.25. The molecule has 2 heterocycles. The van der Waals surface area contributed by atoms with Crippen LogP contribution in [0.25, 0.3) is 6.08 Å². The van der Waals surface area contributed by atoms with Crippen LogP contribution >= 0.6 is 11.3 Å². The number of hydrogen-bond donors (Lipinski definition) is 2. The van der Waals surface area contributed by atoms with E-state index in [2.05, 4.69) is 15.8 Å². The summed E-state index contributed by atoms with van der Waals surface area (Å²) in [4.78, 5) is 39.5. The topological polar surface area (TPSA) is 116 Å². The number of benzene rings is 1. The fourth-order valence-electron chi connectivity index (χ4n) is 2.19. The summed E-state index contributed by atoms with van der Waals surface area (Å²) < 4.78 is 15.7. The molecule has 1 aliphatic rings. The van der Waals surface area contributed by atoms with Gasteiger partial charge in [-0.3, -0.25) is 20.4 Å². The van der Waals surface area contributed by atoms with Crippen LogP contribution < -0.4 is 20.3 Å². The van der Waals surface area contributed by atoms with E-state index in [1.807, 2.05) is 6.92 Å². The van der Waals surface area contributed by atoms with E-state index in [1.54, 1.807) is 29.6 Å². The van der Waals surface area contributed by atoms with Crippen LogP contribution in [0.3, 0.4) is 0 Å². The second-order valence-corrected chi connectivity index (χ2v) is 6.70. The van der Waals surface area contributed by atoms with E-state index >= 15 is 0 Å². The summed E-state index contributed by atoms with van der Waals surface area (Å²) in [5.41, 5.74) is 4.99. The number of carbonyl (C=O) groups excluding carboxylic acids is 3. The molecular formula is C18H17N3O6S. The number of aromatic nitrogens is 1. The number of para-hydroxylation sites is 2. The summed E-state index contributed by atoms with van der Waals surface area (Å²) in [5.74, 6) is -1.00. The average Bonchev–Trinajstić information content (AvgIpc) is 3.13. The highest BCUT2D eigenvalue weighted by Gasteiger charge is 2.27. The number of amides is 2. The Hall–Kier alpha value is -3.40. The molecule has 146 valence electrons. The number of ether oxygens (including phenoxy) is 3. The number of rotatable bonds is 5. The second kappa shape index (κ2) is 9.00. The summed E-state index contributed by atoms with van der Waals surface area (Å²) in [5, 5.41) is 2.66. The van der Waals surface area contributed by atoms with Crippen LogP contribution in [-0.4, -0.2) is 42.1 Å². The summed E-state index contributed by atoms with van der Waals surface area (Å²) in [6.07, 6.45) is 1.75. The molecule has 28 heavy (non-hydrogen) atoms. The molecule has 0 aliphatic carbocycles. The van der Waals surface area contributed by atoms with Gasteiger partial charge in [-0.1, -0.05) is 12.1 Å². The van der Waals surface area contributed by atoms with Crippen molar-refractivity contribution in [1.29, 1.82) is 0 Å². The number of aryl methyl sites for hydroxylation is 1. The number of hydrogen-bond acceptors (Lipinski definition) is 8. The molecule has 0 spiro atoms. The molecule has 2 amide bonds. The number of nitrogens with one attached hydrogen (secondary N) is 2. The third-order valence-corrected chi connectivity index (χ3v) is 4.29. The van der Waals surface area contributed by atoms with Crippen molar-refractivity contribution in [3.63, 3.8) is 0 Å². The largest absolute Gasteiger partial charge is 0.485 e. The highest BCUT2D eigenvalue weighted by Crippen LogP contribution is 2.30. The van der Waals surface area contributed by atoms with Gasteiger partial charge in [0.25, 0.3) is 11.8 Å². The normalized spacial score (nSPS) is 15.1. The van der Waals surface area contributed by atoms with Crippen LogP contribution in [0.1, 0.15) is 10.7 Å². The maximum absolute atomic E-state index is 12.1. The minimum absolute atomic E-state index is 0.00852. The van der Waals surface area contributed by atoms with Crippen molar-refractivity contribution in [2.45, 2.75) is 13.0 Å². The SMILES string of the molecule is Cc1nc(/C=C/C(=O)OCC(=O)NNC(=O)C2COc3ccccc3O2)cs1. The molecule has 2 aromatic rings. The third-order valence-electron chi connectivity index (χ3n) is 3.50. The molecule has 0 saturated heterocycles. The minimum atomic E-state index is -0.915. The highest BCUT2D eigenvalue weighted by atomic mass is 32.1. The van der Waals surface area contributed by atoms with Crippen molar-refractivity contribution in [2.24, 2.45) is 0 Å². The molecule has 2 N–H and O–H groups in total. The van der Waals surface area contributed by atoms with E-state index in [0.717, 1.165) is 5.01 Å². The molecule has 10 heteroatoms. The van der Waals surface area contributed by atoms with E-state index in [0.29, 0.717) is 17.2 Å². The molecule has 1 atom stereocenters. The van der Waals surface area contributed by atoms with Gasteiger partial charge in [0.15, 0.2) is 18.1 Å². The third kappa shape index (κ3) is 5.30. The van der Waals surface area contributed by atoms with Gasteiger partial charge in [-0.05, 0) is 25.1 Å². The zero-order valence-corrected chi connectivity index (χ0v) is 15.7. The predicted molar refractivity (Wildman–Crippen MR) is 99.5 cm³/mol. The zero-order valence-electron chi connectivity index (χ0n) is 14.8. The van der Waals surface area contributed by atoms with Gasteiger partial charge in [0.1, 0.15) is 6.61 Å². The molecule has 0 radical (unpaired) electrons. The van der Waals surface area contributed by atoms with Gasteiger partial charge in [-0.25, -0.2) is 9.78 Å². The molecule has 1 unspecified atom stereocenters. The van der Waals surface area contributed by atoms with Crippen molar-refractivity contribution in [1.82, 2.24) is 15.8 Å². The smallest absolute Gasteiger partial charge is 0.331 e. The molecule has 3 rings (SSSR count). The lowest BCUT2D eigenvalue weighted by atomic mass is 10.2. The van der Waals surface area contributed by atoms with E-state index in [1.165, 1.54) is 23.5 Å². The van der Waals surface area contributed by atoms with Crippen LogP contribution in [0.4, 0.5) is 0 Å². The fraction of sp³-hybridized carbons (Fsp3) is 0.222. The minimum Gasteiger partial charge on any atom is -0.485 e. The van der Waals surface area contributed by atoms with Crippen molar-refractivity contribution in [3.8, 4) is 11.5 Å². The van der Waals surface area contributed by atoms with E-state index in [4.69, 9.17) is 14.2 Å². The summed E-state index contributed by atoms with van der Waals surface area (Å²) in [7, 11) is 0. The Labute approximate surface area is 164 Å². The van der Waals surface area contributed by atoms with Crippen molar-refractivity contribution >= 4 is 35.2 Å². The Morgan fingerprint density at radius 3 is 2.82 bits per heavy atom. The van der Waals surface area contributed by atoms with Crippen molar-refractivity contribution < 1.29 is 28.6 Å². The van der Waals surface area contributed by atoms with Crippen LogP contribution in [0.2, 0.25) is 0 Å². The van der Waals surface area contributed by atoms with Gasteiger partial charge < -0.3 is 14.2 Å². The summed E-state index contributed by atoms with van der Waals surface area (Å²) in [6, 6.07) is 6.94. The van der Waals surface area contributed by atoms with Crippen LogP contribution in [-0.2, 0) is 19.1 Å². The molecular weight excluding hydrogens is 386 g/mol. The van der Waals surface area contributed by atoms with Gasteiger partial charge in [-0.15, -0.1) is 11.3 Å². The van der Waals surface area contributed by atoms with Gasteiger partial charge >= 0.3 is 5.97 Å². The van der Waals surface area contributed by atoms with E-state index < -0.39 is 30.5 Å². The summed E-state index contributed by atoms with van der Waals surface area (Å²) in [6.45, 7) is 1.31. The zero-order chi connectivity index (χ0) is 19.9. The number of thiazole rings is 1. The Balaban J connectivity index is 1.38. The monoisotopic (exact) mass is 403 g/mol. The van der Waals surface area contributed by atoms with Gasteiger partial charge in [0.05, 0.1) is 10.7 Å². The number of hydrazine groups is 1. The predicted octanol–water partition coefficient (Wildman–Crippen LogP) is 0.995. The molecule has 1 aliphatic heterocycles. The first kappa shape index (κ1) is 19.4. The lowest BCUT2D eigenvalue weighted by Gasteiger charge is -2.25. The Morgan fingerprint density at radius 2 is 2.07 bits per heavy atom. The summed E-state index contributed by atoms with van der Waals surface area (Å²) >= 11 is 1.45. The molecule has 1 aromatic carbocycles. The van der Waals surface area contributed by atoms with E-state index in [9.17, 15) is 14.4 Å². The average molecular weight is 403 g/mol. The molecule has 0 fully saturated rings. The Morgan fingerprint density at radius 1 is 1.29 bits per heavy atom. The molecule has 9 nitrogen and oxygen atoms in total. The number of carbonyl (C=O) groups is 3. The van der Waals surface area contributed by atoms with Gasteiger partial charge in [0, 0.05) is 11.5 Å². The highest BCUT2D eigenvalue weighted by molar-refractivity contribution is 7.09. The van der Waals surface area contributed by atoms with Crippen LogP contribution in [0, 0.1) is 6.92 Å². The number of esters is 1. The maximum Gasteiger partial charge on any atom is 0.331 e. The first-order valence-corrected chi connectivity index (χ1v) is 9.13. The maximum atomic E-state index is 12.1. The lowest BCUT2D eigenvalue weighted by Crippen LogP contribution is -2.51. The Bertz CT molecular complexity index is 910. The fourth-order valence-corrected chi connectivity index (χ4v) is 2.77. The quantitative estimate of drug-likeness (QED) is 0.435. The van der Waals surface area contributed by atoms with Crippen molar-refractivity contribution in [2.75, 3.05) is 13.2 Å². The number of nitrogens with zero attached hydrogens (tertiary/aromatic N) is 1. The van der Waals surface area contributed by atoms with Crippen molar-refractivity contribution in [3.05, 3.63) is 46.4 Å².